The second kappa shape index (κ2) is 3.40. The lowest BCUT2D eigenvalue weighted by Crippen LogP contribution is -2.39. The molecule has 0 unspecified atom stereocenters. The molecule has 0 heterocycles. The van der Waals surface area contributed by atoms with Gasteiger partial charge in [-0.25, -0.2) is 0 Å². The van der Waals surface area contributed by atoms with Crippen LogP contribution in [0.4, 0.5) is 0 Å². The van der Waals surface area contributed by atoms with Gasteiger partial charge in [-0.15, -0.1) is 0 Å². The number of hydrogen-bond donors (Lipinski definition) is 2. The molecule has 48 valence electrons. The van der Waals surface area contributed by atoms with E-state index >= 15 is 0 Å². The first kappa shape index (κ1) is 7.39. The molecule has 0 aliphatic carbocycles. The number of carbonyl (C=O) groups excluding carboxylic acids is 1. The van der Waals surface area contributed by atoms with E-state index in [-0.39, 0.29) is 6.61 Å². The van der Waals surface area contributed by atoms with E-state index in [1.807, 2.05) is 0 Å². The molecule has 0 saturated heterocycles. The highest BCUT2D eigenvalue weighted by Crippen LogP contribution is 1.74. The normalized spacial score (nSPS) is 13.2. The van der Waals surface area contributed by atoms with Crippen LogP contribution in [0, 0.1) is 0 Å². The standard InChI is InChI=1S/C4H10N2O2/c1-8-2-3(5)4(6)7/h3H,2,5H2,1H3,(H2,6,7)/t3-/m0/s1. The van der Waals surface area contributed by atoms with E-state index in [0.29, 0.717) is 0 Å². The average molecular weight is 118 g/mol. The van der Waals surface area contributed by atoms with Gasteiger partial charge in [0, 0.05) is 7.11 Å². The first-order chi connectivity index (χ1) is 3.68. The van der Waals surface area contributed by atoms with E-state index in [1.54, 1.807) is 0 Å². The van der Waals surface area contributed by atoms with E-state index in [4.69, 9.17) is 11.5 Å². The maximum atomic E-state index is 10.1. The molecule has 4 heteroatoms. The Hall–Kier alpha value is -0.610. The van der Waals surface area contributed by atoms with Crippen molar-refractivity contribution in [3.63, 3.8) is 0 Å². The van der Waals surface area contributed by atoms with Crippen molar-refractivity contribution in [1.82, 2.24) is 0 Å². The molecule has 0 radical (unpaired) electrons. The third-order valence-corrected chi connectivity index (χ3v) is 0.712. The number of nitrogens with two attached hydrogens (primary N) is 2. The topological polar surface area (TPSA) is 78.3 Å². The molecule has 4 nitrogen and oxygen atoms in total. The fourth-order valence-corrected chi connectivity index (χ4v) is 0.262. The quantitative estimate of drug-likeness (QED) is 0.470. The summed E-state index contributed by atoms with van der Waals surface area (Å²) in [6.07, 6.45) is 0. The lowest BCUT2D eigenvalue weighted by atomic mass is 10.3. The minimum Gasteiger partial charge on any atom is -0.383 e. The predicted molar refractivity (Wildman–Crippen MR) is 29.0 cm³/mol. The predicted octanol–water partition coefficient (Wildman–Crippen LogP) is -1.55. The molecule has 0 saturated carbocycles. The van der Waals surface area contributed by atoms with Crippen molar-refractivity contribution in [2.45, 2.75) is 6.04 Å². The largest absolute Gasteiger partial charge is 0.383 e. The lowest BCUT2D eigenvalue weighted by Gasteiger charge is -2.02. The van der Waals surface area contributed by atoms with Gasteiger partial charge in [-0.1, -0.05) is 0 Å². The number of ether oxygens (including phenoxy) is 1. The van der Waals surface area contributed by atoms with Crippen LogP contribution in [0.5, 0.6) is 0 Å². The van der Waals surface area contributed by atoms with E-state index in [2.05, 4.69) is 4.74 Å². The van der Waals surface area contributed by atoms with Gasteiger partial charge in [-0.05, 0) is 0 Å². The summed E-state index contributed by atoms with van der Waals surface area (Å²) < 4.78 is 4.54. The highest BCUT2D eigenvalue weighted by molar-refractivity contribution is 5.79. The van der Waals surface area contributed by atoms with Gasteiger partial charge in [0.15, 0.2) is 0 Å². The SMILES string of the molecule is COC[C@H](N)C(N)=O. The summed E-state index contributed by atoms with van der Waals surface area (Å²) in [6.45, 7) is 0.190. The molecule has 8 heavy (non-hydrogen) atoms. The smallest absolute Gasteiger partial charge is 0.236 e. The molecule has 0 aliphatic rings. The Morgan fingerprint density at radius 1 is 1.88 bits per heavy atom. The van der Waals surface area contributed by atoms with Gasteiger partial charge in [-0.3, -0.25) is 4.79 Å². The van der Waals surface area contributed by atoms with Crippen LogP contribution < -0.4 is 11.5 Å². The van der Waals surface area contributed by atoms with Crippen molar-refractivity contribution in [2.75, 3.05) is 13.7 Å². The maximum absolute atomic E-state index is 10.1. The Labute approximate surface area is 47.8 Å². The van der Waals surface area contributed by atoms with Gasteiger partial charge in [0.25, 0.3) is 0 Å². The number of primary amides is 1. The van der Waals surface area contributed by atoms with E-state index < -0.39 is 11.9 Å². The Balaban J connectivity index is 3.32. The fourth-order valence-electron chi connectivity index (χ4n) is 0.262. The summed E-state index contributed by atoms with van der Waals surface area (Å²) in [7, 11) is 1.46. The molecule has 0 bridgehead atoms. The molecular weight excluding hydrogens is 108 g/mol. The van der Waals surface area contributed by atoms with Crippen molar-refractivity contribution in [3.8, 4) is 0 Å². The lowest BCUT2D eigenvalue weighted by molar-refractivity contribution is -0.120. The summed E-state index contributed by atoms with van der Waals surface area (Å²) >= 11 is 0. The number of rotatable bonds is 3. The third kappa shape index (κ3) is 2.54. The second-order valence-electron chi connectivity index (χ2n) is 1.46. The van der Waals surface area contributed by atoms with Crippen LogP contribution in [0.1, 0.15) is 0 Å². The van der Waals surface area contributed by atoms with E-state index in [9.17, 15) is 4.79 Å². The number of hydrogen-bond acceptors (Lipinski definition) is 3. The summed E-state index contributed by atoms with van der Waals surface area (Å²) in [5.74, 6) is -0.535. The fraction of sp³-hybridized carbons (Fsp3) is 0.750. The Kier molecular flexibility index (Phi) is 3.14. The van der Waals surface area contributed by atoms with Crippen molar-refractivity contribution < 1.29 is 9.53 Å². The van der Waals surface area contributed by atoms with Gasteiger partial charge in [0.05, 0.1) is 6.61 Å². The summed E-state index contributed by atoms with van der Waals surface area (Å²) in [5.41, 5.74) is 9.91. The van der Waals surface area contributed by atoms with E-state index in [0.717, 1.165) is 0 Å². The van der Waals surface area contributed by atoms with Gasteiger partial charge < -0.3 is 16.2 Å². The van der Waals surface area contributed by atoms with Crippen LogP contribution in [0.15, 0.2) is 0 Å². The van der Waals surface area contributed by atoms with Crippen molar-refractivity contribution in [2.24, 2.45) is 11.5 Å². The molecule has 4 N–H and O–H groups in total. The molecule has 0 fully saturated rings. The minimum atomic E-state index is -0.667. The number of amides is 1. The highest BCUT2D eigenvalue weighted by atomic mass is 16.5. The van der Waals surface area contributed by atoms with Crippen molar-refractivity contribution >= 4 is 5.91 Å². The third-order valence-electron chi connectivity index (χ3n) is 0.712. The second-order valence-corrected chi connectivity index (χ2v) is 1.46. The molecule has 0 rings (SSSR count). The zero-order valence-corrected chi connectivity index (χ0v) is 4.76. The van der Waals surface area contributed by atoms with Crippen LogP contribution in [0.2, 0.25) is 0 Å². The minimum absolute atomic E-state index is 0.190. The van der Waals surface area contributed by atoms with Gasteiger partial charge >= 0.3 is 0 Å². The number of carbonyl (C=O) groups is 1. The van der Waals surface area contributed by atoms with Crippen LogP contribution in [-0.2, 0) is 9.53 Å². The molecule has 1 atom stereocenters. The van der Waals surface area contributed by atoms with Crippen molar-refractivity contribution in [1.29, 1.82) is 0 Å². The van der Waals surface area contributed by atoms with Gasteiger partial charge in [-0.2, -0.15) is 0 Å². The summed E-state index contributed by atoms with van der Waals surface area (Å²) in [4.78, 5) is 10.1. The van der Waals surface area contributed by atoms with Crippen LogP contribution in [0.25, 0.3) is 0 Å². The van der Waals surface area contributed by atoms with Crippen LogP contribution in [0.3, 0.4) is 0 Å². The monoisotopic (exact) mass is 118 g/mol. The van der Waals surface area contributed by atoms with Crippen LogP contribution >= 0.6 is 0 Å². The molecule has 0 aromatic rings. The summed E-state index contributed by atoms with van der Waals surface area (Å²) in [6, 6.07) is -0.667. The Bertz CT molecular complexity index is 84.1. The van der Waals surface area contributed by atoms with Gasteiger partial charge in [0.2, 0.25) is 5.91 Å². The van der Waals surface area contributed by atoms with E-state index in [1.165, 1.54) is 7.11 Å². The zero-order chi connectivity index (χ0) is 6.57. The molecule has 0 aromatic carbocycles. The number of methoxy groups -OCH3 is 1. The molecular formula is C4H10N2O2. The first-order valence-electron chi connectivity index (χ1n) is 2.22. The Morgan fingerprint density at radius 3 is 2.50 bits per heavy atom. The van der Waals surface area contributed by atoms with Crippen molar-refractivity contribution in [3.05, 3.63) is 0 Å². The molecule has 0 aromatic heterocycles. The van der Waals surface area contributed by atoms with Gasteiger partial charge in [0.1, 0.15) is 6.04 Å². The zero-order valence-electron chi connectivity index (χ0n) is 4.76. The first-order valence-corrected chi connectivity index (χ1v) is 2.22. The average Bonchev–Trinajstić information content (AvgIpc) is 1.67. The maximum Gasteiger partial charge on any atom is 0.236 e. The molecule has 0 aliphatic heterocycles. The van der Waals surface area contributed by atoms with Crippen LogP contribution in [-0.4, -0.2) is 25.7 Å². The highest BCUT2D eigenvalue weighted by Gasteiger charge is 2.06. The Morgan fingerprint density at radius 2 is 2.38 bits per heavy atom. The molecule has 0 spiro atoms. The molecule has 1 amide bonds. The summed E-state index contributed by atoms with van der Waals surface area (Å²) in [5, 5.41) is 0.